The molecule has 0 aromatic heterocycles. The fourth-order valence-electron chi connectivity index (χ4n) is 3.48. The van der Waals surface area contributed by atoms with Crippen molar-refractivity contribution in [3.8, 4) is 6.07 Å². The van der Waals surface area contributed by atoms with Crippen LogP contribution in [-0.2, 0) is 14.8 Å². The van der Waals surface area contributed by atoms with Gasteiger partial charge in [0.05, 0.1) is 11.8 Å². The van der Waals surface area contributed by atoms with Crippen molar-refractivity contribution in [1.29, 1.82) is 5.26 Å². The maximum absolute atomic E-state index is 13.5. The summed E-state index contributed by atoms with van der Waals surface area (Å²) in [6.45, 7) is 3.37. The number of halogens is 1. The predicted octanol–water partition coefficient (Wildman–Crippen LogP) is -0.0862. The fraction of sp³-hybridized carbons (Fsp3) is 0.471. The van der Waals surface area contributed by atoms with Gasteiger partial charge in [0.2, 0.25) is 5.91 Å². The van der Waals surface area contributed by atoms with E-state index in [4.69, 9.17) is 5.26 Å². The van der Waals surface area contributed by atoms with E-state index in [0.717, 1.165) is 18.2 Å². The van der Waals surface area contributed by atoms with E-state index in [9.17, 15) is 22.4 Å². The number of rotatable bonds is 4. The number of nitrogens with zero attached hydrogens (tertiary/aromatic N) is 2. The first-order chi connectivity index (χ1) is 13.6. The molecule has 0 bridgehead atoms. The molecule has 1 fully saturated rings. The Morgan fingerprint density at radius 3 is 2.86 bits per heavy atom. The first-order valence-electron chi connectivity index (χ1n) is 8.95. The average molecular weight is 424 g/mol. The van der Waals surface area contributed by atoms with Crippen molar-refractivity contribution in [2.75, 3.05) is 18.4 Å². The maximum Gasteiger partial charge on any atom is 0.336 e. The van der Waals surface area contributed by atoms with Gasteiger partial charge in [-0.05, 0) is 32.0 Å². The van der Waals surface area contributed by atoms with Gasteiger partial charge in [-0.3, -0.25) is 15.4 Å². The Morgan fingerprint density at radius 1 is 1.48 bits per heavy atom. The lowest BCUT2D eigenvalue weighted by atomic mass is 9.91. The molecule has 156 valence electrons. The van der Waals surface area contributed by atoms with Crippen molar-refractivity contribution in [3.63, 3.8) is 0 Å². The second kappa shape index (κ2) is 7.94. The molecule has 3 amide bonds. The summed E-state index contributed by atoms with van der Waals surface area (Å²) in [4.78, 5) is 24.2. The van der Waals surface area contributed by atoms with Crippen molar-refractivity contribution in [3.05, 3.63) is 24.0 Å². The summed E-state index contributed by atoms with van der Waals surface area (Å²) in [5.41, 5.74) is -0.0401. The minimum absolute atomic E-state index is 0.0401. The van der Waals surface area contributed by atoms with Crippen LogP contribution in [-0.4, -0.2) is 56.0 Å². The number of hydrogen-bond donors (Lipinski definition) is 4. The molecule has 2 heterocycles. The zero-order chi connectivity index (χ0) is 21.3. The van der Waals surface area contributed by atoms with Crippen LogP contribution in [0.25, 0.3) is 0 Å². The molecular formula is C17H21FN6O4S. The van der Waals surface area contributed by atoms with Gasteiger partial charge in [-0.15, -0.1) is 0 Å². The number of benzene rings is 1. The van der Waals surface area contributed by atoms with Crippen LogP contribution in [0.2, 0.25) is 0 Å². The SMILES string of the molecule is CC1NC(C#N)NCC1[C@@H](C)NC(=O)CN1C(=O)Nc2ccc(F)cc2S1(=O)=O. The van der Waals surface area contributed by atoms with Crippen molar-refractivity contribution in [2.45, 2.75) is 37.0 Å². The van der Waals surface area contributed by atoms with Crippen LogP contribution < -0.4 is 21.3 Å². The van der Waals surface area contributed by atoms with Crippen molar-refractivity contribution in [2.24, 2.45) is 5.92 Å². The van der Waals surface area contributed by atoms with Gasteiger partial charge in [0, 0.05) is 24.5 Å². The molecule has 1 saturated heterocycles. The van der Waals surface area contributed by atoms with E-state index in [2.05, 4.69) is 27.3 Å². The predicted molar refractivity (Wildman–Crippen MR) is 100 cm³/mol. The summed E-state index contributed by atoms with van der Waals surface area (Å²) in [5.74, 6) is -1.51. The number of carbonyl (C=O) groups excluding carboxylic acids is 2. The molecule has 4 N–H and O–H groups in total. The molecule has 29 heavy (non-hydrogen) atoms. The minimum Gasteiger partial charge on any atom is -0.352 e. The molecule has 0 radical (unpaired) electrons. The highest BCUT2D eigenvalue weighted by Gasteiger charge is 2.39. The highest BCUT2D eigenvalue weighted by molar-refractivity contribution is 7.90. The van der Waals surface area contributed by atoms with Crippen molar-refractivity contribution < 1.29 is 22.4 Å². The van der Waals surface area contributed by atoms with Crippen LogP contribution in [0, 0.1) is 23.1 Å². The Bertz CT molecular complexity index is 979. The molecule has 0 spiro atoms. The van der Waals surface area contributed by atoms with Crippen LogP contribution in [0.5, 0.6) is 0 Å². The monoisotopic (exact) mass is 424 g/mol. The summed E-state index contributed by atoms with van der Waals surface area (Å²) < 4.78 is 39.2. The third-order valence-corrected chi connectivity index (χ3v) is 6.83. The van der Waals surface area contributed by atoms with E-state index < -0.39 is 45.4 Å². The molecule has 2 aliphatic heterocycles. The van der Waals surface area contributed by atoms with Gasteiger partial charge < -0.3 is 10.6 Å². The number of sulfonamides is 1. The summed E-state index contributed by atoms with van der Waals surface area (Å²) in [5, 5.41) is 20.0. The molecule has 4 atom stereocenters. The van der Waals surface area contributed by atoms with E-state index in [-0.39, 0.29) is 23.7 Å². The van der Waals surface area contributed by atoms with Gasteiger partial charge >= 0.3 is 6.03 Å². The number of hydrogen-bond acceptors (Lipinski definition) is 7. The standard InChI is InChI=1S/C17H21FN6O4S/c1-9-12(7-20-15(6-19)21-9)10(2)22-16(25)8-24-17(26)23-13-4-3-11(18)5-14(13)29(24,27)28/h3-5,9-10,12,15,20-21H,7-8H2,1-2H3,(H,22,25)(H,23,26)/t9?,10-,12?,15?/m1/s1. The van der Waals surface area contributed by atoms with Gasteiger partial charge in [0.25, 0.3) is 10.0 Å². The highest BCUT2D eigenvalue weighted by Crippen LogP contribution is 2.30. The Labute approximate surface area is 167 Å². The zero-order valence-electron chi connectivity index (χ0n) is 15.8. The van der Waals surface area contributed by atoms with Crippen LogP contribution in [0.1, 0.15) is 13.8 Å². The summed E-state index contributed by atoms with van der Waals surface area (Å²) in [7, 11) is -4.37. The van der Waals surface area contributed by atoms with Gasteiger partial charge in [-0.25, -0.2) is 21.9 Å². The maximum atomic E-state index is 13.5. The molecule has 0 saturated carbocycles. The number of amides is 3. The van der Waals surface area contributed by atoms with Crippen LogP contribution in [0.15, 0.2) is 23.1 Å². The van der Waals surface area contributed by atoms with E-state index in [1.807, 2.05) is 6.92 Å². The molecule has 3 unspecified atom stereocenters. The van der Waals surface area contributed by atoms with E-state index in [0.29, 0.717) is 10.8 Å². The highest BCUT2D eigenvalue weighted by atomic mass is 32.2. The van der Waals surface area contributed by atoms with Crippen molar-refractivity contribution in [1.82, 2.24) is 20.3 Å². The third kappa shape index (κ3) is 4.16. The lowest BCUT2D eigenvalue weighted by Gasteiger charge is -2.37. The largest absolute Gasteiger partial charge is 0.352 e. The van der Waals surface area contributed by atoms with Gasteiger partial charge in [-0.1, -0.05) is 0 Å². The van der Waals surface area contributed by atoms with E-state index in [1.165, 1.54) is 0 Å². The number of nitrogens with one attached hydrogen (secondary N) is 4. The van der Waals surface area contributed by atoms with Gasteiger partial charge in [-0.2, -0.15) is 5.26 Å². The Balaban J connectivity index is 1.69. The van der Waals surface area contributed by atoms with Crippen LogP contribution >= 0.6 is 0 Å². The Kier molecular flexibility index (Phi) is 5.74. The second-order valence-electron chi connectivity index (χ2n) is 7.03. The molecule has 3 rings (SSSR count). The molecule has 2 aliphatic rings. The second-order valence-corrected chi connectivity index (χ2v) is 8.86. The quantitative estimate of drug-likeness (QED) is 0.529. The summed E-state index contributed by atoms with van der Waals surface area (Å²) in [6, 6.07) is 3.61. The number of fused-ring (bicyclic) bond motifs is 1. The first kappa shape index (κ1) is 21.0. The lowest BCUT2D eigenvalue weighted by molar-refractivity contribution is -0.122. The smallest absolute Gasteiger partial charge is 0.336 e. The third-order valence-electron chi connectivity index (χ3n) is 5.06. The first-order valence-corrected chi connectivity index (χ1v) is 10.4. The van der Waals surface area contributed by atoms with E-state index >= 15 is 0 Å². The van der Waals surface area contributed by atoms with E-state index in [1.54, 1.807) is 6.92 Å². The zero-order valence-corrected chi connectivity index (χ0v) is 16.6. The molecule has 1 aromatic rings. The minimum atomic E-state index is -4.37. The topological polar surface area (TPSA) is 143 Å². The van der Waals surface area contributed by atoms with Crippen molar-refractivity contribution >= 4 is 27.6 Å². The summed E-state index contributed by atoms with van der Waals surface area (Å²) >= 11 is 0. The molecule has 0 aliphatic carbocycles. The normalized spacial score (nSPS) is 26.6. The molecular weight excluding hydrogens is 403 g/mol. The molecule has 10 nitrogen and oxygen atoms in total. The molecule has 12 heteroatoms. The van der Waals surface area contributed by atoms with Crippen LogP contribution in [0.4, 0.5) is 14.9 Å². The fourth-order valence-corrected chi connectivity index (χ4v) is 4.93. The Morgan fingerprint density at radius 2 is 2.21 bits per heavy atom. The lowest BCUT2D eigenvalue weighted by Crippen LogP contribution is -2.61. The van der Waals surface area contributed by atoms with Gasteiger partial charge in [0.15, 0.2) is 0 Å². The van der Waals surface area contributed by atoms with Gasteiger partial charge in [0.1, 0.15) is 23.4 Å². The molecule has 1 aromatic carbocycles. The number of urea groups is 1. The number of nitriles is 1. The number of carbonyl (C=O) groups is 2. The van der Waals surface area contributed by atoms with Crippen LogP contribution in [0.3, 0.4) is 0 Å². The summed E-state index contributed by atoms with van der Waals surface area (Å²) in [6.07, 6.45) is -0.480. The average Bonchev–Trinajstić information content (AvgIpc) is 2.65. The Hall–Kier alpha value is -2.75. The number of anilines is 1.